The number of pyridine rings is 1. The van der Waals surface area contributed by atoms with Gasteiger partial charge in [-0.15, -0.1) is 0 Å². The fourth-order valence-electron chi connectivity index (χ4n) is 1.61. The maximum Gasteiger partial charge on any atom is 0.243 e. The van der Waals surface area contributed by atoms with Crippen molar-refractivity contribution in [3.8, 4) is 0 Å². The van der Waals surface area contributed by atoms with E-state index in [2.05, 4.69) is 15.6 Å². The number of rotatable bonds is 4. The maximum absolute atomic E-state index is 11.6. The molecule has 0 aliphatic rings. The largest absolute Gasteiger partial charge is 0.346 e. The topological polar surface area (TPSA) is 97.1 Å². The number of aromatic nitrogens is 1. The molecule has 2 aromatic rings. The van der Waals surface area contributed by atoms with Crippen LogP contribution in [0.2, 0.25) is 0 Å². The molecule has 4 N–H and O–H groups in total. The summed E-state index contributed by atoms with van der Waals surface area (Å²) in [4.78, 5) is 26.7. The van der Waals surface area contributed by atoms with Crippen molar-refractivity contribution < 1.29 is 9.59 Å². The molecule has 2 amide bonds. The maximum atomic E-state index is 11.6. The van der Waals surface area contributed by atoms with E-state index in [0.717, 1.165) is 10.9 Å². The predicted molar refractivity (Wildman–Crippen MR) is 72.4 cm³/mol. The van der Waals surface area contributed by atoms with Gasteiger partial charge in [-0.2, -0.15) is 0 Å². The Balaban J connectivity index is 2.01. The molecule has 0 saturated carbocycles. The summed E-state index contributed by atoms with van der Waals surface area (Å²) >= 11 is 0. The zero-order valence-electron chi connectivity index (χ0n) is 10.2. The minimum Gasteiger partial charge on any atom is -0.346 e. The number of hydrogen-bond donors (Lipinski definition) is 3. The molecule has 0 atom stereocenters. The van der Waals surface area contributed by atoms with E-state index in [-0.39, 0.29) is 24.9 Å². The summed E-state index contributed by atoms with van der Waals surface area (Å²) in [6.45, 7) is -0.226. The quantitative estimate of drug-likeness (QED) is 0.732. The third kappa shape index (κ3) is 3.49. The first-order valence-electron chi connectivity index (χ1n) is 5.80. The summed E-state index contributed by atoms with van der Waals surface area (Å²) in [5, 5.41) is 6.03. The molecule has 98 valence electrons. The average Bonchev–Trinajstić information content (AvgIpc) is 2.44. The molecule has 6 heteroatoms. The summed E-state index contributed by atoms with van der Waals surface area (Å²) in [7, 11) is 0. The summed E-state index contributed by atoms with van der Waals surface area (Å²) in [6.07, 6.45) is 1.71. The van der Waals surface area contributed by atoms with Gasteiger partial charge in [0.2, 0.25) is 11.8 Å². The number of fused-ring (bicyclic) bond motifs is 1. The lowest BCUT2D eigenvalue weighted by Crippen LogP contribution is -2.36. The molecule has 0 bridgehead atoms. The summed E-state index contributed by atoms with van der Waals surface area (Å²) in [6, 6.07) is 9.15. The molecule has 1 aromatic carbocycles. The van der Waals surface area contributed by atoms with Crippen molar-refractivity contribution in [2.24, 2.45) is 5.73 Å². The fourth-order valence-corrected chi connectivity index (χ4v) is 1.61. The first-order valence-corrected chi connectivity index (χ1v) is 5.80. The number of benzene rings is 1. The monoisotopic (exact) mass is 258 g/mol. The molecule has 2 rings (SSSR count). The number of nitrogens with one attached hydrogen (secondary N) is 2. The van der Waals surface area contributed by atoms with Crippen LogP contribution in [0.1, 0.15) is 0 Å². The Morgan fingerprint density at radius 1 is 1.21 bits per heavy atom. The lowest BCUT2D eigenvalue weighted by atomic mass is 10.2. The highest BCUT2D eigenvalue weighted by Gasteiger charge is 2.05. The number of nitrogens with two attached hydrogens (primary N) is 1. The van der Waals surface area contributed by atoms with Gasteiger partial charge in [-0.1, -0.05) is 6.07 Å². The van der Waals surface area contributed by atoms with Crippen LogP contribution in [-0.4, -0.2) is 29.9 Å². The molecule has 1 heterocycles. The van der Waals surface area contributed by atoms with Crippen LogP contribution in [0.4, 0.5) is 5.69 Å². The van der Waals surface area contributed by atoms with Crippen LogP contribution in [0, 0.1) is 0 Å². The summed E-state index contributed by atoms with van der Waals surface area (Å²) < 4.78 is 0. The molecule has 0 radical (unpaired) electrons. The van der Waals surface area contributed by atoms with Gasteiger partial charge in [-0.05, 0) is 24.3 Å². The van der Waals surface area contributed by atoms with Crippen LogP contribution in [0.3, 0.4) is 0 Å². The molecule has 0 spiro atoms. The zero-order valence-corrected chi connectivity index (χ0v) is 10.2. The van der Waals surface area contributed by atoms with Crippen molar-refractivity contribution in [3.63, 3.8) is 0 Å². The smallest absolute Gasteiger partial charge is 0.243 e. The molecule has 0 aliphatic heterocycles. The second-order valence-corrected chi connectivity index (χ2v) is 3.94. The second-order valence-electron chi connectivity index (χ2n) is 3.94. The van der Waals surface area contributed by atoms with E-state index in [1.165, 1.54) is 0 Å². The Hall–Kier alpha value is -2.47. The van der Waals surface area contributed by atoms with Gasteiger partial charge in [0, 0.05) is 17.3 Å². The van der Waals surface area contributed by atoms with Gasteiger partial charge in [-0.3, -0.25) is 14.6 Å². The number of amides is 2. The second kappa shape index (κ2) is 5.92. The molecule has 19 heavy (non-hydrogen) atoms. The molecular formula is C13H14N4O2. The zero-order chi connectivity index (χ0) is 13.7. The molecule has 0 fully saturated rings. The molecular weight excluding hydrogens is 244 g/mol. The lowest BCUT2D eigenvalue weighted by Gasteiger charge is -2.07. The van der Waals surface area contributed by atoms with Crippen molar-refractivity contribution in [2.75, 3.05) is 18.4 Å². The van der Waals surface area contributed by atoms with Gasteiger partial charge >= 0.3 is 0 Å². The normalized spacial score (nSPS) is 10.2. The van der Waals surface area contributed by atoms with Gasteiger partial charge in [0.15, 0.2) is 0 Å². The number of anilines is 1. The minimum atomic E-state index is -0.363. The van der Waals surface area contributed by atoms with E-state index in [4.69, 9.17) is 5.73 Å². The van der Waals surface area contributed by atoms with E-state index in [1.807, 2.05) is 24.3 Å². The van der Waals surface area contributed by atoms with Gasteiger partial charge < -0.3 is 16.4 Å². The van der Waals surface area contributed by atoms with Crippen molar-refractivity contribution in [3.05, 3.63) is 36.5 Å². The van der Waals surface area contributed by atoms with E-state index in [1.54, 1.807) is 12.3 Å². The van der Waals surface area contributed by atoms with E-state index >= 15 is 0 Å². The van der Waals surface area contributed by atoms with Gasteiger partial charge in [0.1, 0.15) is 0 Å². The molecule has 6 nitrogen and oxygen atoms in total. The number of hydrogen-bond acceptors (Lipinski definition) is 4. The number of nitrogens with zero attached hydrogens (tertiary/aromatic N) is 1. The highest BCUT2D eigenvalue weighted by atomic mass is 16.2. The highest BCUT2D eigenvalue weighted by molar-refractivity contribution is 5.96. The first kappa shape index (κ1) is 13.0. The molecule has 0 aliphatic carbocycles. The Morgan fingerprint density at radius 2 is 2.05 bits per heavy atom. The van der Waals surface area contributed by atoms with Crippen LogP contribution >= 0.6 is 0 Å². The van der Waals surface area contributed by atoms with Crippen LogP contribution in [0.15, 0.2) is 36.5 Å². The van der Waals surface area contributed by atoms with Crippen molar-refractivity contribution in [1.29, 1.82) is 0 Å². The highest BCUT2D eigenvalue weighted by Crippen LogP contribution is 2.16. The first-order chi connectivity index (χ1) is 9.19. The van der Waals surface area contributed by atoms with Crippen LogP contribution in [0.25, 0.3) is 10.9 Å². The Kier molecular flexibility index (Phi) is 4.04. The van der Waals surface area contributed by atoms with Gasteiger partial charge in [0.05, 0.1) is 18.6 Å². The van der Waals surface area contributed by atoms with Gasteiger partial charge in [0.25, 0.3) is 0 Å². The van der Waals surface area contributed by atoms with Crippen molar-refractivity contribution in [2.45, 2.75) is 0 Å². The Bertz CT molecular complexity index is 612. The number of carbonyl (C=O) groups is 2. The average molecular weight is 258 g/mol. The standard InChI is InChI=1S/C13H14N4O2/c14-7-12(18)16-8-13(19)17-10-3-4-11-9(6-10)2-1-5-15-11/h1-6H,7-8,14H2,(H,16,18)(H,17,19). The van der Waals surface area contributed by atoms with Gasteiger partial charge in [-0.25, -0.2) is 0 Å². The molecule has 1 aromatic heterocycles. The van der Waals surface area contributed by atoms with Crippen LogP contribution in [0.5, 0.6) is 0 Å². The molecule has 0 unspecified atom stereocenters. The predicted octanol–water partition coefficient (Wildman–Crippen LogP) is 0.248. The van der Waals surface area contributed by atoms with Crippen molar-refractivity contribution >= 4 is 28.4 Å². The third-order valence-corrected chi connectivity index (χ3v) is 2.52. The van der Waals surface area contributed by atoms with Crippen LogP contribution in [-0.2, 0) is 9.59 Å². The fraction of sp³-hybridized carbons (Fsp3) is 0.154. The van der Waals surface area contributed by atoms with E-state index in [9.17, 15) is 9.59 Å². The lowest BCUT2D eigenvalue weighted by molar-refractivity contribution is -0.123. The summed E-state index contributed by atoms with van der Waals surface area (Å²) in [5.41, 5.74) is 6.64. The SMILES string of the molecule is NCC(=O)NCC(=O)Nc1ccc2ncccc2c1. The Labute approximate surface area is 110 Å². The van der Waals surface area contributed by atoms with E-state index < -0.39 is 0 Å². The number of carbonyl (C=O) groups excluding carboxylic acids is 2. The van der Waals surface area contributed by atoms with E-state index in [0.29, 0.717) is 5.69 Å². The Morgan fingerprint density at radius 3 is 2.84 bits per heavy atom. The molecule has 0 saturated heterocycles. The third-order valence-electron chi connectivity index (χ3n) is 2.52. The minimum absolute atomic E-state index is 0.0961. The van der Waals surface area contributed by atoms with Crippen LogP contribution < -0.4 is 16.4 Å². The summed E-state index contributed by atoms with van der Waals surface area (Å²) in [5.74, 6) is -0.664. The van der Waals surface area contributed by atoms with Crippen molar-refractivity contribution in [1.82, 2.24) is 10.3 Å².